The van der Waals surface area contributed by atoms with Gasteiger partial charge in [-0.25, -0.2) is 4.68 Å². The lowest BCUT2D eigenvalue weighted by Crippen LogP contribution is -2.18. The lowest BCUT2D eigenvalue weighted by Gasteiger charge is -2.08. The fourth-order valence-electron chi connectivity index (χ4n) is 1.64. The van der Waals surface area contributed by atoms with Crippen LogP contribution in [0.4, 0.5) is 18.9 Å². The van der Waals surface area contributed by atoms with Gasteiger partial charge in [-0.3, -0.25) is 4.79 Å². The Morgan fingerprint density at radius 2 is 2.05 bits per heavy atom. The van der Waals surface area contributed by atoms with E-state index in [1.165, 1.54) is 25.2 Å². The average molecular weight is 284 g/mol. The number of aromatic nitrogens is 2. The van der Waals surface area contributed by atoms with Crippen LogP contribution in [0.3, 0.4) is 0 Å². The molecule has 0 spiro atoms. The first-order valence-corrected chi connectivity index (χ1v) is 5.58. The Morgan fingerprint density at radius 3 is 2.60 bits per heavy atom. The molecule has 8 heteroatoms. The molecule has 5 nitrogen and oxygen atoms in total. The van der Waals surface area contributed by atoms with Gasteiger partial charge in [0.05, 0.1) is 11.4 Å². The molecule has 0 bridgehead atoms. The van der Waals surface area contributed by atoms with Crippen LogP contribution in [0.15, 0.2) is 30.5 Å². The molecule has 0 fully saturated rings. The van der Waals surface area contributed by atoms with Gasteiger partial charge in [0.25, 0.3) is 5.91 Å². The summed E-state index contributed by atoms with van der Waals surface area (Å²) in [6.07, 6.45) is -3.39. The van der Waals surface area contributed by atoms with Crippen molar-refractivity contribution in [3.63, 3.8) is 0 Å². The summed E-state index contributed by atoms with van der Waals surface area (Å²) in [5, 5.41) is 5.84. The standard InChI is InChI=1S/C12H11F3N4O/c1-17-11(20)7-2-3-8(16)9(6-7)19-5-4-10(18-19)12(13,14)15/h2-6H,16H2,1H3,(H,17,20). The topological polar surface area (TPSA) is 72.9 Å². The third kappa shape index (κ3) is 2.58. The Bertz CT molecular complexity index is 648. The van der Waals surface area contributed by atoms with Gasteiger partial charge in [-0.2, -0.15) is 18.3 Å². The summed E-state index contributed by atoms with van der Waals surface area (Å²) in [7, 11) is 1.45. The Labute approximate surface area is 112 Å². The molecule has 0 saturated carbocycles. The molecule has 1 aromatic carbocycles. The summed E-state index contributed by atoms with van der Waals surface area (Å²) in [6, 6.07) is 5.13. The minimum Gasteiger partial charge on any atom is -0.397 e. The van der Waals surface area contributed by atoms with Crippen LogP contribution in [0, 0.1) is 0 Å². The Hall–Kier alpha value is -2.51. The normalized spacial score (nSPS) is 11.4. The molecule has 1 aromatic heterocycles. The number of carbonyl (C=O) groups excluding carboxylic acids is 1. The summed E-state index contributed by atoms with van der Waals surface area (Å²) >= 11 is 0. The molecule has 0 aliphatic heterocycles. The number of hydrogen-bond acceptors (Lipinski definition) is 3. The van der Waals surface area contributed by atoms with E-state index in [0.717, 1.165) is 16.9 Å². The van der Waals surface area contributed by atoms with Crippen molar-refractivity contribution in [1.82, 2.24) is 15.1 Å². The molecule has 0 unspecified atom stereocenters. The first-order chi connectivity index (χ1) is 9.32. The number of amides is 1. The molecule has 20 heavy (non-hydrogen) atoms. The van der Waals surface area contributed by atoms with Crippen LogP contribution < -0.4 is 11.1 Å². The van der Waals surface area contributed by atoms with Gasteiger partial charge in [-0.05, 0) is 24.3 Å². The molecular formula is C12H11F3N4O. The van der Waals surface area contributed by atoms with Gasteiger partial charge in [0.2, 0.25) is 0 Å². The van der Waals surface area contributed by atoms with Gasteiger partial charge in [-0.1, -0.05) is 0 Å². The molecule has 0 radical (unpaired) electrons. The van der Waals surface area contributed by atoms with Gasteiger partial charge >= 0.3 is 6.18 Å². The highest BCUT2D eigenvalue weighted by Gasteiger charge is 2.33. The number of alkyl halides is 3. The second kappa shape index (κ2) is 4.87. The van der Waals surface area contributed by atoms with Crippen molar-refractivity contribution in [2.45, 2.75) is 6.18 Å². The number of rotatable bonds is 2. The van der Waals surface area contributed by atoms with Crippen LogP contribution >= 0.6 is 0 Å². The van der Waals surface area contributed by atoms with Crippen molar-refractivity contribution in [2.75, 3.05) is 12.8 Å². The number of nitrogens with one attached hydrogen (secondary N) is 1. The van der Waals surface area contributed by atoms with Crippen LogP contribution in [-0.2, 0) is 6.18 Å². The Morgan fingerprint density at radius 1 is 1.35 bits per heavy atom. The second-order valence-corrected chi connectivity index (χ2v) is 4.00. The Kier molecular flexibility index (Phi) is 3.39. The number of nitrogens with zero attached hydrogens (tertiary/aromatic N) is 2. The predicted octanol–water partition coefficient (Wildman–Crippen LogP) is 1.83. The fourth-order valence-corrected chi connectivity index (χ4v) is 1.64. The minimum atomic E-state index is -4.53. The van der Waals surface area contributed by atoms with Crippen molar-refractivity contribution in [2.24, 2.45) is 0 Å². The number of anilines is 1. The van der Waals surface area contributed by atoms with Crippen molar-refractivity contribution in [3.8, 4) is 5.69 Å². The largest absolute Gasteiger partial charge is 0.435 e. The van der Waals surface area contributed by atoms with E-state index < -0.39 is 11.9 Å². The molecule has 0 aliphatic carbocycles. The first-order valence-electron chi connectivity index (χ1n) is 5.58. The summed E-state index contributed by atoms with van der Waals surface area (Å²) < 4.78 is 38.5. The van der Waals surface area contributed by atoms with Crippen molar-refractivity contribution in [1.29, 1.82) is 0 Å². The van der Waals surface area contributed by atoms with Crippen molar-refractivity contribution in [3.05, 3.63) is 41.7 Å². The molecule has 0 saturated heterocycles. The smallest absolute Gasteiger partial charge is 0.397 e. The molecule has 1 amide bonds. The lowest BCUT2D eigenvalue weighted by molar-refractivity contribution is -0.141. The van der Waals surface area contributed by atoms with E-state index in [2.05, 4.69) is 10.4 Å². The zero-order valence-electron chi connectivity index (χ0n) is 10.4. The van der Waals surface area contributed by atoms with Crippen LogP contribution in [-0.4, -0.2) is 22.7 Å². The number of nitrogens with two attached hydrogens (primary N) is 1. The fraction of sp³-hybridized carbons (Fsp3) is 0.167. The van der Waals surface area contributed by atoms with E-state index in [9.17, 15) is 18.0 Å². The summed E-state index contributed by atoms with van der Waals surface area (Å²) in [5.74, 6) is -0.366. The number of nitrogen functional groups attached to an aromatic ring is 1. The highest BCUT2D eigenvalue weighted by atomic mass is 19.4. The monoisotopic (exact) mass is 284 g/mol. The molecule has 2 aromatic rings. The zero-order valence-corrected chi connectivity index (χ0v) is 10.4. The number of halogens is 3. The number of hydrogen-bond donors (Lipinski definition) is 2. The molecule has 0 aliphatic rings. The van der Waals surface area contributed by atoms with E-state index in [4.69, 9.17) is 5.73 Å². The maximum atomic E-state index is 12.5. The van der Waals surface area contributed by atoms with Gasteiger partial charge < -0.3 is 11.1 Å². The third-order valence-corrected chi connectivity index (χ3v) is 2.65. The Balaban J connectivity index is 2.47. The van der Waals surface area contributed by atoms with Crippen molar-refractivity contribution >= 4 is 11.6 Å². The molecule has 3 N–H and O–H groups in total. The molecular weight excluding hydrogens is 273 g/mol. The molecule has 2 rings (SSSR count). The first kappa shape index (κ1) is 13.9. The van der Waals surface area contributed by atoms with Gasteiger partial charge in [0.15, 0.2) is 5.69 Å². The zero-order chi connectivity index (χ0) is 14.9. The maximum Gasteiger partial charge on any atom is 0.435 e. The van der Waals surface area contributed by atoms with E-state index in [1.807, 2.05) is 0 Å². The van der Waals surface area contributed by atoms with Gasteiger partial charge in [0.1, 0.15) is 0 Å². The van der Waals surface area contributed by atoms with E-state index in [1.54, 1.807) is 0 Å². The predicted molar refractivity (Wildman–Crippen MR) is 66.4 cm³/mol. The molecule has 106 valence electrons. The number of carbonyl (C=O) groups is 1. The van der Waals surface area contributed by atoms with E-state index in [-0.39, 0.29) is 22.8 Å². The van der Waals surface area contributed by atoms with Gasteiger partial charge in [-0.15, -0.1) is 0 Å². The van der Waals surface area contributed by atoms with Gasteiger partial charge in [0, 0.05) is 18.8 Å². The van der Waals surface area contributed by atoms with E-state index >= 15 is 0 Å². The summed E-state index contributed by atoms with van der Waals surface area (Å²) in [6.45, 7) is 0. The molecule has 0 atom stereocenters. The summed E-state index contributed by atoms with van der Waals surface area (Å²) in [4.78, 5) is 11.5. The maximum absolute atomic E-state index is 12.5. The lowest BCUT2D eigenvalue weighted by atomic mass is 10.1. The third-order valence-electron chi connectivity index (χ3n) is 2.65. The van der Waals surface area contributed by atoms with Crippen LogP contribution in [0.2, 0.25) is 0 Å². The van der Waals surface area contributed by atoms with Crippen LogP contribution in [0.1, 0.15) is 16.1 Å². The highest BCUT2D eigenvalue weighted by molar-refractivity contribution is 5.95. The van der Waals surface area contributed by atoms with Crippen LogP contribution in [0.25, 0.3) is 5.69 Å². The van der Waals surface area contributed by atoms with E-state index in [0.29, 0.717) is 0 Å². The SMILES string of the molecule is CNC(=O)c1ccc(N)c(-n2ccc(C(F)(F)F)n2)c1. The van der Waals surface area contributed by atoms with Crippen LogP contribution in [0.5, 0.6) is 0 Å². The minimum absolute atomic E-state index is 0.210. The highest BCUT2D eigenvalue weighted by Crippen LogP contribution is 2.28. The quantitative estimate of drug-likeness (QED) is 0.826. The molecule has 1 heterocycles. The number of benzene rings is 1. The van der Waals surface area contributed by atoms with Crippen molar-refractivity contribution < 1.29 is 18.0 Å². The second-order valence-electron chi connectivity index (χ2n) is 4.00. The average Bonchev–Trinajstić information content (AvgIpc) is 2.87. The summed E-state index contributed by atoms with van der Waals surface area (Å²) in [5.41, 5.74) is 5.39.